The SMILES string of the molecule is CCC1COCCN1C(CN)c1ccccn1. The summed E-state index contributed by atoms with van der Waals surface area (Å²) in [4.78, 5) is 6.87. The van der Waals surface area contributed by atoms with Crippen LogP contribution in [-0.4, -0.2) is 42.2 Å². The third-order valence-electron chi connectivity index (χ3n) is 3.40. The highest BCUT2D eigenvalue weighted by Gasteiger charge is 2.28. The lowest BCUT2D eigenvalue weighted by atomic mass is 10.1. The van der Waals surface area contributed by atoms with Gasteiger partial charge in [-0.3, -0.25) is 9.88 Å². The van der Waals surface area contributed by atoms with E-state index >= 15 is 0 Å². The molecule has 0 radical (unpaired) electrons. The zero-order valence-corrected chi connectivity index (χ0v) is 10.4. The van der Waals surface area contributed by atoms with Gasteiger partial charge in [-0.1, -0.05) is 13.0 Å². The second-order valence-electron chi connectivity index (χ2n) is 4.38. The predicted octanol–water partition coefficient (Wildman–Crippen LogP) is 1.19. The number of hydrogen-bond donors (Lipinski definition) is 1. The molecule has 2 heterocycles. The third-order valence-corrected chi connectivity index (χ3v) is 3.40. The summed E-state index contributed by atoms with van der Waals surface area (Å²) in [5, 5.41) is 0. The van der Waals surface area contributed by atoms with Crippen molar-refractivity contribution in [2.45, 2.75) is 25.4 Å². The van der Waals surface area contributed by atoms with Crippen molar-refractivity contribution in [2.24, 2.45) is 5.73 Å². The maximum Gasteiger partial charge on any atom is 0.0648 e. The average Bonchev–Trinajstić information content (AvgIpc) is 2.41. The van der Waals surface area contributed by atoms with Gasteiger partial charge in [-0.2, -0.15) is 0 Å². The number of aromatic nitrogens is 1. The summed E-state index contributed by atoms with van der Waals surface area (Å²) in [6, 6.07) is 6.68. The van der Waals surface area contributed by atoms with Crippen LogP contribution < -0.4 is 5.73 Å². The topological polar surface area (TPSA) is 51.4 Å². The second-order valence-corrected chi connectivity index (χ2v) is 4.38. The summed E-state index contributed by atoms with van der Waals surface area (Å²) in [6.45, 7) is 5.34. The van der Waals surface area contributed by atoms with Gasteiger partial charge >= 0.3 is 0 Å². The Morgan fingerprint density at radius 2 is 2.47 bits per heavy atom. The van der Waals surface area contributed by atoms with Crippen LogP contribution >= 0.6 is 0 Å². The van der Waals surface area contributed by atoms with E-state index in [0.717, 1.165) is 31.9 Å². The first kappa shape index (κ1) is 12.5. The molecule has 0 bridgehead atoms. The number of nitrogens with two attached hydrogens (primary N) is 1. The molecule has 0 amide bonds. The lowest BCUT2D eigenvalue weighted by Crippen LogP contribution is -2.49. The van der Waals surface area contributed by atoms with Crippen LogP contribution in [0.5, 0.6) is 0 Å². The lowest BCUT2D eigenvalue weighted by Gasteiger charge is -2.40. The Morgan fingerprint density at radius 1 is 1.59 bits per heavy atom. The Balaban J connectivity index is 2.16. The summed E-state index contributed by atoms with van der Waals surface area (Å²) in [6.07, 6.45) is 2.92. The molecule has 2 rings (SSSR count). The number of rotatable bonds is 4. The van der Waals surface area contributed by atoms with Crippen LogP contribution in [0, 0.1) is 0 Å². The van der Waals surface area contributed by atoms with Crippen LogP contribution in [0.3, 0.4) is 0 Å². The van der Waals surface area contributed by atoms with Crippen LogP contribution in [-0.2, 0) is 4.74 Å². The molecule has 2 N–H and O–H groups in total. The van der Waals surface area contributed by atoms with Crippen molar-refractivity contribution in [3.05, 3.63) is 30.1 Å². The van der Waals surface area contributed by atoms with Crippen LogP contribution in [0.25, 0.3) is 0 Å². The normalized spacial score (nSPS) is 23.5. The molecular weight excluding hydrogens is 214 g/mol. The van der Waals surface area contributed by atoms with Gasteiger partial charge in [0.25, 0.3) is 0 Å². The summed E-state index contributed by atoms with van der Waals surface area (Å²) >= 11 is 0. The van der Waals surface area contributed by atoms with Gasteiger partial charge in [0.05, 0.1) is 24.9 Å². The number of pyridine rings is 1. The maximum absolute atomic E-state index is 5.93. The first-order chi connectivity index (χ1) is 8.36. The number of nitrogens with zero attached hydrogens (tertiary/aromatic N) is 2. The van der Waals surface area contributed by atoms with E-state index in [4.69, 9.17) is 10.5 Å². The molecular formula is C13H21N3O. The van der Waals surface area contributed by atoms with E-state index in [2.05, 4.69) is 22.9 Å². The average molecular weight is 235 g/mol. The minimum absolute atomic E-state index is 0.213. The molecule has 1 saturated heterocycles. The zero-order valence-electron chi connectivity index (χ0n) is 10.4. The fourth-order valence-corrected chi connectivity index (χ4v) is 2.43. The van der Waals surface area contributed by atoms with Crippen LogP contribution in [0.2, 0.25) is 0 Å². The van der Waals surface area contributed by atoms with E-state index in [1.807, 2.05) is 18.3 Å². The highest BCUT2D eigenvalue weighted by atomic mass is 16.5. The molecule has 0 saturated carbocycles. The van der Waals surface area contributed by atoms with Gasteiger partial charge in [-0.25, -0.2) is 0 Å². The van der Waals surface area contributed by atoms with E-state index in [9.17, 15) is 0 Å². The van der Waals surface area contributed by atoms with Crippen molar-refractivity contribution >= 4 is 0 Å². The van der Waals surface area contributed by atoms with Gasteiger partial charge in [0.15, 0.2) is 0 Å². The van der Waals surface area contributed by atoms with Gasteiger partial charge in [-0.05, 0) is 18.6 Å². The molecule has 4 heteroatoms. The summed E-state index contributed by atoms with van der Waals surface area (Å²) in [7, 11) is 0. The Labute approximate surface area is 103 Å². The molecule has 0 spiro atoms. The van der Waals surface area contributed by atoms with Crippen molar-refractivity contribution in [2.75, 3.05) is 26.3 Å². The molecule has 2 unspecified atom stereocenters. The molecule has 1 aromatic rings. The van der Waals surface area contributed by atoms with Crippen molar-refractivity contribution < 1.29 is 4.74 Å². The molecule has 1 fully saturated rings. The maximum atomic E-state index is 5.93. The van der Waals surface area contributed by atoms with Crippen LogP contribution in [0.4, 0.5) is 0 Å². The molecule has 94 valence electrons. The number of morpholine rings is 1. The Kier molecular flexibility index (Phi) is 4.48. The summed E-state index contributed by atoms with van der Waals surface area (Å²) in [5.41, 5.74) is 7.00. The van der Waals surface area contributed by atoms with E-state index in [1.54, 1.807) is 0 Å². The van der Waals surface area contributed by atoms with E-state index in [-0.39, 0.29) is 6.04 Å². The fourth-order valence-electron chi connectivity index (χ4n) is 2.43. The van der Waals surface area contributed by atoms with Crippen LogP contribution in [0.15, 0.2) is 24.4 Å². The number of hydrogen-bond acceptors (Lipinski definition) is 4. The Morgan fingerprint density at radius 3 is 3.12 bits per heavy atom. The molecule has 1 aliphatic rings. The summed E-state index contributed by atoms with van der Waals surface area (Å²) in [5.74, 6) is 0. The van der Waals surface area contributed by atoms with Gasteiger partial charge in [-0.15, -0.1) is 0 Å². The van der Waals surface area contributed by atoms with Crippen molar-refractivity contribution in [1.82, 2.24) is 9.88 Å². The zero-order chi connectivity index (χ0) is 12.1. The molecule has 1 aromatic heterocycles. The first-order valence-electron chi connectivity index (χ1n) is 6.31. The molecule has 1 aliphatic heterocycles. The van der Waals surface area contributed by atoms with Gasteiger partial charge in [0.2, 0.25) is 0 Å². The summed E-state index contributed by atoms with van der Waals surface area (Å²) < 4.78 is 5.53. The molecule has 2 atom stereocenters. The highest BCUT2D eigenvalue weighted by Crippen LogP contribution is 2.23. The molecule has 4 nitrogen and oxygen atoms in total. The van der Waals surface area contributed by atoms with E-state index < -0.39 is 0 Å². The third kappa shape index (κ3) is 2.83. The van der Waals surface area contributed by atoms with Crippen molar-refractivity contribution in [3.8, 4) is 0 Å². The lowest BCUT2D eigenvalue weighted by molar-refractivity contribution is -0.0298. The Bertz CT molecular complexity index is 331. The molecule has 0 aromatic carbocycles. The Hall–Kier alpha value is -0.970. The largest absolute Gasteiger partial charge is 0.378 e. The van der Waals surface area contributed by atoms with Crippen LogP contribution in [0.1, 0.15) is 25.1 Å². The minimum Gasteiger partial charge on any atom is -0.378 e. The van der Waals surface area contributed by atoms with Gasteiger partial charge < -0.3 is 10.5 Å². The van der Waals surface area contributed by atoms with E-state index in [1.165, 1.54) is 0 Å². The monoisotopic (exact) mass is 235 g/mol. The first-order valence-corrected chi connectivity index (χ1v) is 6.31. The standard InChI is InChI=1S/C13H21N3O/c1-2-11-10-17-8-7-16(11)13(9-14)12-5-3-4-6-15-12/h3-6,11,13H,2,7-10,14H2,1H3. The quantitative estimate of drug-likeness (QED) is 0.852. The molecule has 0 aliphatic carbocycles. The fraction of sp³-hybridized carbons (Fsp3) is 0.615. The van der Waals surface area contributed by atoms with E-state index in [0.29, 0.717) is 12.6 Å². The second kappa shape index (κ2) is 6.10. The minimum atomic E-state index is 0.213. The van der Waals surface area contributed by atoms with Crippen molar-refractivity contribution in [1.29, 1.82) is 0 Å². The molecule has 17 heavy (non-hydrogen) atoms. The predicted molar refractivity (Wildman–Crippen MR) is 67.6 cm³/mol. The smallest absolute Gasteiger partial charge is 0.0648 e. The highest BCUT2D eigenvalue weighted by molar-refractivity contribution is 5.10. The van der Waals surface area contributed by atoms with Gasteiger partial charge in [0, 0.05) is 25.3 Å². The number of ether oxygens (including phenoxy) is 1. The van der Waals surface area contributed by atoms with Crippen molar-refractivity contribution in [3.63, 3.8) is 0 Å². The van der Waals surface area contributed by atoms with Gasteiger partial charge in [0.1, 0.15) is 0 Å².